The Bertz CT molecular complexity index is 673. The van der Waals surface area contributed by atoms with Crippen LogP contribution in [0.15, 0.2) is 54.6 Å². The maximum atomic E-state index is 11.3. The van der Waals surface area contributed by atoms with Gasteiger partial charge in [0, 0.05) is 27.1 Å². The third-order valence-corrected chi connectivity index (χ3v) is 5.25. The van der Waals surface area contributed by atoms with Crippen molar-refractivity contribution in [2.24, 2.45) is 0 Å². The second-order valence-electron chi connectivity index (χ2n) is 7.15. The highest BCUT2D eigenvalue weighted by molar-refractivity contribution is 5.72. The topological polar surface area (TPSA) is 23.6 Å². The Hall–Kier alpha value is -2.13. The lowest BCUT2D eigenvalue weighted by atomic mass is 9.89. The van der Waals surface area contributed by atoms with E-state index in [0.29, 0.717) is 12.5 Å². The van der Waals surface area contributed by atoms with Gasteiger partial charge in [-0.2, -0.15) is 0 Å². The lowest BCUT2D eigenvalue weighted by Gasteiger charge is -2.32. The van der Waals surface area contributed by atoms with Crippen molar-refractivity contribution in [1.29, 1.82) is 0 Å². The molecule has 1 aliphatic rings. The Kier molecular flexibility index (Phi) is 5.87. The van der Waals surface area contributed by atoms with Crippen LogP contribution in [0.25, 0.3) is 0 Å². The summed E-state index contributed by atoms with van der Waals surface area (Å²) < 4.78 is 0. The van der Waals surface area contributed by atoms with Gasteiger partial charge in [-0.05, 0) is 48.5 Å². The summed E-state index contributed by atoms with van der Waals surface area (Å²) in [5, 5.41) is 0. The standard InChI is InChI=1S/C22H28N2O/c1-18(25)23(2)16-19-8-10-20(11-9-19)17-24-14-12-22(13-15-24)21-6-4-3-5-7-21/h3-11,22H,12-17H2,1-2H3. The second-order valence-corrected chi connectivity index (χ2v) is 7.15. The maximum Gasteiger partial charge on any atom is 0.219 e. The molecule has 0 radical (unpaired) electrons. The van der Waals surface area contributed by atoms with Crippen molar-refractivity contribution in [2.45, 2.75) is 38.8 Å². The lowest BCUT2D eigenvalue weighted by Crippen LogP contribution is -2.32. The summed E-state index contributed by atoms with van der Waals surface area (Å²) in [5.41, 5.74) is 4.03. The zero-order chi connectivity index (χ0) is 17.6. The van der Waals surface area contributed by atoms with E-state index >= 15 is 0 Å². The number of hydrogen-bond donors (Lipinski definition) is 0. The van der Waals surface area contributed by atoms with Crippen LogP contribution < -0.4 is 0 Å². The molecule has 2 aromatic carbocycles. The molecule has 1 amide bonds. The number of nitrogens with zero attached hydrogens (tertiary/aromatic N) is 2. The Morgan fingerprint density at radius 2 is 1.60 bits per heavy atom. The van der Waals surface area contributed by atoms with Gasteiger partial charge >= 0.3 is 0 Å². The normalized spacial score (nSPS) is 15.9. The Balaban J connectivity index is 1.50. The van der Waals surface area contributed by atoms with Crippen LogP contribution in [0.1, 0.15) is 42.4 Å². The minimum atomic E-state index is 0.102. The van der Waals surface area contributed by atoms with Gasteiger partial charge < -0.3 is 4.90 Å². The van der Waals surface area contributed by atoms with Gasteiger partial charge in [-0.25, -0.2) is 0 Å². The van der Waals surface area contributed by atoms with Crippen LogP contribution in [0.3, 0.4) is 0 Å². The summed E-state index contributed by atoms with van der Waals surface area (Å²) in [7, 11) is 1.84. The van der Waals surface area contributed by atoms with Gasteiger partial charge in [0.05, 0.1) is 0 Å². The number of amides is 1. The zero-order valence-corrected chi connectivity index (χ0v) is 15.3. The van der Waals surface area contributed by atoms with Crippen LogP contribution >= 0.6 is 0 Å². The first-order valence-electron chi connectivity index (χ1n) is 9.18. The summed E-state index contributed by atoms with van der Waals surface area (Å²) in [5.74, 6) is 0.812. The van der Waals surface area contributed by atoms with E-state index in [9.17, 15) is 4.79 Å². The molecule has 1 saturated heterocycles. The fraction of sp³-hybridized carbons (Fsp3) is 0.409. The molecule has 0 saturated carbocycles. The number of rotatable bonds is 5. The number of benzene rings is 2. The van der Waals surface area contributed by atoms with E-state index in [1.54, 1.807) is 11.8 Å². The van der Waals surface area contributed by atoms with Crippen molar-refractivity contribution in [3.63, 3.8) is 0 Å². The zero-order valence-electron chi connectivity index (χ0n) is 15.3. The predicted octanol–water partition coefficient (Wildman–Crippen LogP) is 4.04. The number of carbonyl (C=O) groups excluding carboxylic acids is 1. The fourth-order valence-corrected chi connectivity index (χ4v) is 3.54. The molecule has 3 nitrogen and oxygen atoms in total. The average molecular weight is 336 g/mol. The van der Waals surface area contributed by atoms with Gasteiger partial charge in [0.15, 0.2) is 0 Å². The van der Waals surface area contributed by atoms with Crippen LogP contribution in [0, 0.1) is 0 Å². The number of piperidine rings is 1. The van der Waals surface area contributed by atoms with E-state index in [0.717, 1.165) is 19.6 Å². The van der Waals surface area contributed by atoms with Crippen molar-refractivity contribution in [3.05, 3.63) is 71.3 Å². The first kappa shape index (κ1) is 17.7. The summed E-state index contributed by atoms with van der Waals surface area (Å²) in [6.45, 7) is 5.62. The van der Waals surface area contributed by atoms with Crippen molar-refractivity contribution in [1.82, 2.24) is 9.80 Å². The first-order valence-corrected chi connectivity index (χ1v) is 9.18. The van der Waals surface area contributed by atoms with Crippen molar-refractivity contribution in [3.8, 4) is 0 Å². The van der Waals surface area contributed by atoms with Crippen LogP contribution in [0.4, 0.5) is 0 Å². The largest absolute Gasteiger partial charge is 0.342 e. The van der Waals surface area contributed by atoms with Gasteiger partial charge in [-0.3, -0.25) is 9.69 Å². The molecular weight excluding hydrogens is 308 g/mol. The molecule has 0 unspecified atom stereocenters. The van der Waals surface area contributed by atoms with Crippen molar-refractivity contribution in [2.75, 3.05) is 20.1 Å². The smallest absolute Gasteiger partial charge is 0.219 e. The highest BCUT2D eigenvalue weighted by Crippen LogP contribution is 2.28. The molecule has 0 atom stereocenters. The molecule has 0 aliphatic carbocycles. The highest BCUT2D eigenvalue weighted by atomic mass is 16.2. The quantitative estimate of drug-likeness (QED) is 0.822. The summed E-state index contributed by atoms with van der Waals surface area (Å²) >= 11 is 0. The molecule has 0 spiro atoms. The van der Waals surface area contributed by atoms with E-state index in [1.807, 2.05) is 7.05 Å². The number of likely N-dealkylation sites (tertiary alicyclic amines) is 1. The molecule has 0 N–H and O–H groups in total. The minimum Gasteiger partial charge on any atom is -0.342 e. The monoisotopic (exact) mass is 336 g/mol. The van der Waals surface area contributed by atoms with E-state index < -0.39 is 0 Å². The van der Waals surface area contributed by atoms with Crippen LogP contribution in [0.5, 0.6) is 0 Å². The van der Waals surface area contributed by atoms with Crippen molar-refractivity contribution < 1.29 is 4.79 Å². The lowest BCUT2D eigenvalue weighted by molar-refractivity contribution is -0.128. The van der Waals surface area contributed by atoms with Crippen molar-refractivity contribution >= 4 is 5.91 Å². The van der Waals surface area contributed by atoms with Gasteiger partial charge in [0.2, 0.25) is 5.91 Å². The van der Waals surface area contributed by atoms with E-state index in [1.165, 1.54) is 29.5 Å². The van der Waals surface area contributed by atoms with E-state index in [4.69, 9.17) is 0 Å². The SMILES string of the molecule is CC(=O)N(C)Cc1ccc(CN2CCC(c3ccccc3)CC2)cc1. The van der Waals surface area contributed by atoms with Crippen LogP contribution in [0.2, 0.25) is 0 Å². The Labute approximate surface area is 151 Å². The second kappa shape index (κ2) is 8.30. The third kappa shape index (κ3) is 4.93. The number of hydrogen-bond acceptors (Lipinski definition) is 2. The van der Waals surface area contributed by atoms with Crippen LogP contribution in [-0.2, 0) is 17.9 Å². The molecule has 3 rings (SSSR count). The molecule has 0 aromatic heterocycles. The molecule has 2 aromatic rings. The molecule has 1 fully saturated rings. The molecule has 1 aliphatic heterocycles. The van der Waals surface area contributed by atoms with E-state index in [-0.39, 0.29) is 5.91 Å². The van der Waals surface area contributed by atoms with E-state index in [2.05, 4.69) is 59.5 Å². The molecular formula is C22H28N2O. The minimum absolute atomic E-state index is 0.102. The molecule has 3 heteroatoms. The molecule has 0 bridgehead atoms. The maximum absolute atomic E-state index is 11.3. The predicted molar refractivity (Wildman–Crippen MR) is 102 cm³/mol. The van der Waals surface area contributed by atoms with Gasteiger partial charge in [-0.1, -0.05) is 54.6 Å². The Morgan fingerprint density at radius 3 is 2.20 bits per heavy atom. The Morgan fingerprint density at radius 1 is 1.00 bits per heavy atom. The average Bonchev–Trinajstić information content (AvgIpc) is 2.64. The summed E-state index contributed by atoms with van der Waals surface area (Å²) in [6.07, 6.45) is 2.48. The fourth-order valence-electron chi connectivity index (χ4n) is 3.54. The van der Waals surface area contributed by atoms with Gasteiger partial charge in [-0.15, -0.1) is 0 Å². The first-order chi connectivity index (χ1) is 12.1. The highest BCUT2D eigenvalue weighted by Gasteiger charge is 2.20. The molecule has 25 heavy (non-hydrogen) atoms. The summed E-state index contributed by atoms with van der Waals surface area (Å²) in [6, 6.07) is 19.6. The molecule has 1 heterocycles. The molecule has 132 valence electrons. The van der Waals surface area contributed by atoms with Gasteiger partial charge in [0.25, 0.3) is 0 Å². The number of carbonyl (C=O) groups is 1. The van der Waals surface area contributed by atoms with Gasteiger partial charge in [0.1, 0.15) is 0 Å². The summed E-state index contributed by atoms with van der Waals surface area (Å²) in [4.78, 5) is 15.6. The van der Waals surface area contributed by atoms with Crippen LogP contribution in [-0.4, -0.2) is 35.8 Å². The third-order valence-electron chi connectivity index (χ3n) is 5.25.